The zero-order valence-corrected chi connectivity index (χ0v) is 12.1. The topological polar surface area (TPSA) is 59.2 Å². The van der Waals surface area contributed by atoms with E-state index in [0.717, 1.165) is 11.3 Å². The summed E-state index contributed by atoms with van der Waals surface area (Å²) in [6, 6.07) is 9.74. The van der Waals surface area contributed by atoms with Crippen LogP contribution < -0.4 is 5.73 Å². The highest BCUT2D eigenvalue weighted by atomic mass is 16.2. The van der Waals surface area contributed by atoms with Crippen molar-refractivity contribution < 1.29 is 4.79 Å². The van der Waals surface area contributed by atoms with Gasteiger partial charge in [-0.1, -0.05) is 24.3 Å². The molecule has 0 spiro atoms. The molecule has 2 rings (SSSR count). The summed E-state index contributed by atoms with van der Waals surface area (Å²) in [5.74, 6) is -0.113. The van der Waals surface area contributed by atoms with Gasteiger partial charge in [-0.2, -0.15) is 0 Å². The van der Waals surface area contributed by atoms with Crippen molar-refractivity contribution in [1.82, 2.24) is 9.88 Å². The van der Waals surface area contributed by atoms with Crippen LogP contribution in [0.15, 0.2) is 36.5 Å². The highest BCUT2D eigenvalue weighted by Crippen LogP contribution is 2.16. The standard InChI is InChI=1S/C16H19N3O/c1-11-6-4-5-7-13(11)10-19(3)16(20)14-9-18-12(2)8-15(14)17/h4-9H,10H2,1-3H3,(H2,17,18). The quantitative estimate of drug-likeness (QED) is 0.931. The lowest BCUT2D eigenvalue weighted by atomic mass is 10.1. The van der Waals surface area contributed by atoms with E-state index in [9.17, 15) is 4.79 Å². The van der Waals surface area contributed by atoms with Crippen LogP contribution in [-0.2, 0) is 6.54 Å². The number of amides is 1. The number of anilines is 1. The number of hydrogen-bond donors (Lipinski definition) is 1. The van der Waals surface area contributed by atoms with Gasteiger partial charge >= 0.3 is 0 Å². The Kier molecular flexibility index (Phi) is 4.03. The van der Waals surface area contributed by atoms with Crippen LogP contribution in [-0.4, -0.2) is 22.8 Å². The molecule has 4 nitrogen and oxygen atoms in total. The molecule has 0 aliphatic heterocycles. The van der Waals surface area contributed by atoms with E-state index in [1.54, 1.807) is 24.2 Å². The van der Waals surface area contributed by atoms with Gasteiger partial charge < -0.3 is 10.6 Å². The molecule has 4 heteroatoms. The SMILES string of the molecule is Cc1cc(N)c(C(=O)N(C)Cc2ccccc2C)cn1. The van der Waals surface area contributed by atoms with E-state index in [0.29, 0.717) is 17.8 Å². The van der Waals surface area contributed by atoms with Crippen LogP contribution >= 0.6 is 0 Å². The fourth-order valence-electron chi connectivity index (χ4n) is 2.08. The average Bonchev–Trinajstić information content (AvgIpc) is 2.40. The van der Waals surface area contributed by atoms with E-state index in [1.807, 2.05) is 38.1 Å². The lowest BCUT2D eigenvalue weighted by Crippen LogP contribution is -2.27. The van der Waals surface area contributed by atoms with Crippen molar-refractivity contribution in [2.75, 3.05) is 12.8 Å². The molecule has 0 aliphatic carbocycles. The molecule has 104 valence electrons. The van der Waals surface area contributed by atoms with Crippen molar-refractivity contribution in [2.24, 2.45) is 0 Å². The van der Waals surface area contributed by atoms with Gasteiger partial charge in [0, 0.05) is 31.2 Å². The Bertz CT molecular complexity index is 637. The van der Waals surface area contributed by atoms with E-state index < -0.39 is 0 Å². The van der Waals surface area contributed by atoms with Crippen molar-refractivity contribution in [3.8, 4) is 0 Å². The van der Waals surface area contributed by atoms with Crippen LogP contribution in [0.25, 0.3) is 0 Å². The van der Waals surface area contributed by atoms with Crippen LogP contribution in [0.2, 0.25) is 0 Å². The summed E-state index contributed by atoms with van der Waals surface area (Å²) in [4.78, 5) is 18.2. The molecule has 1 aromatic heterocycles. The largest absolute Gasteiger partial charge is 0.398 e. The van der Waals surface area contributed by atoms with Gasteiger partial charge in [0.1, 0.15) is 0 Å². The third-order valence-electron chi connectivity index (χ3n) is 3.32. The third kappa shape index (κ3) is 2.96. The van der Waals surface area contributed by atoms with Gasteiger partial charge in [0.15, 0.2) is 0 Å². The molecule has 1 aromatic carbocycles. The molecule has 2 N–H and O–H groups in total. The van der Waals surface area contributed by atoms with Gasteiger partial charge in [0.05, 0.1) is 5.56 Å². The minimum atomic E-state index is -0.113. The normalized spacial score (nSPS) is 10.3. The number of hydrogen-bond acceptors (Lipinski definition) is 3. The molecule has 2 aromatic rings. The van der Waals surface area contributed by atoms with Gasteiger partial charge in [-0.15, -0.1) is 0 Å². The number of nitrogens with two attached hydrogens (primary N) is 1. The Labute approximate surface area is 119 Å². The molecular weight excluding hydrogens is 250 g/mol. The Balaban J connectivity index is 2.19. The maximum absolute atomic E-state index is 12.4. The highest BCUT2D eigenvalue weighted by Gasteiger charge is 2.16. The fraction of sp³-hybridized carbons (Fsp3) is 0.250. The van der Waals surface area contributed by atoms with Crippen molar-refractivity contribution in [3.05, 3.63) is 58.9 Å². The Morgan fingerprint density at radius 3 is 2.65 bits per heavy atom. The van der Waals surface area contributed by atoms with Gasteiger partial charge in [-0.3, -0.25) is 9.78 Å². The maximum Gasteiger partial charge on any atom is 0.257 e. The molecule has 1 amide bonds. The van der Waals surface area contributed by atoms with E-state index >= 15 is 0 Å². The molecule has 0 fully saturated rings. The monoisotopic (exact) mass is 269 g/mol. The molecular formula is C16H19N3O. The Hall–Kier alpha value is -2.36. The minimum Gasteiger partial charge on any atom is -0.398 e. The predicted octanol–water partition coefficient (Wildman–Crippen LogP) is 2.55. The van der Waals surface area contributed by atoms with E-state index in [4.69, 9.17) is 5.73 Å². The number of aryl methyl sites for hydroxylation is 2. The Morgan fingerprint density at radius 1 is 1.30 bits per heavy atom. The van der Waals surface area contributed by atoms with Crippen LogP contribution in [0.1, 0.15) is 27.2 Å². The first-order valence-corrected chi connectivity index (χ1v) is 6.51. The first-order valence-electron chi connectivity index (χ1n) is 6.51. The fourth-order valence-corrected chi connectivity index (χ4v) is 2.08. The smallest absolute Gasteiger partial charge is 0.257 e. The minimum absolute atomic E-state index is 0.113. The first-order chi connectivity index (χ1) is 9.49. The molecule has 0 bridgehead atoms. The molecule has 1 heterocycles. The van der Waals surface area contributed by atoms with Crippen LogP contribution in [0.3, 0.4) is 0 Å². The van der Waals surface area contributed by atoms with Crippen molar-refractivity contribution in [2.45, 2.75) is 20.4 Å². The number of nitrogens with zero attached hydrogens (tertiary/aromatic N) is 2. The second-order valence-corrected chi connectivity index (χ2v) is 5.00. The summed E-state index contributed by atoms with van der Waals surface area (Å²) >= 11 is 0. The molecule has 0 atom stereocenters. The third-order valence-corrected chi connectivity index (χ3v) is 3.32. The highest BCUT2D eigenvalue weighted by molar-refractivity contribution is 5.98. The zero-order chi connectivity index (χ0) is 14.7. The van der Waals surface area contributed by atoms with Gasteiger partial charge in [0.25, 0.3) is 5.91 Å². The number of aromatic nitrogens is 1. The van der Waals surface area contributed by atoms with Crippen molar-refractivity contribution in [1.29, 1.82) is 0 Å². The van der Waals surface area contributed by atoms with Gasteiger partial charge in [-0.25, -0.2) is 0 Å². The second-order valence-electron chi connectivity index (χ2n) is 5.00. The molecule has 0 unspecified atom stereocenters. The van der Waals surface area contributed by atoms with E-state index in [-0.39, 0.29) is 5.91 Å². The lowest BCUT2D eigenvalue weighted by Gasteiger charge is -2.19. The number of carbonyl (C=O) groups excluding carboxylic acids is 1. The summed E-state index contributed by atoms with van der Waals surface area (Å²) in [6.45, 7) is 4.44. The number of benzene rings is 1. The summed E-state index contributed by atoms with van der Waals surface area (Å²) in [5.41, 5.74) is 9.92. The van der Waals surface area contributed by atoms with Gasteiger partial charge in [-0.05, 0) is 31.0 Å². The van der Waals surface area contributed by atoms with Crippen LogP contribution in [0, 0.1) is 13.8 Å². The summed E-state index contributed by atoms with van der Waals surface area (Å²) in [5, 5.41) is 0. The summed E-state index contributed by atoms with van der Waals surface area (Å²) in [7, 11) is 1.77. The molecule has 0 aliphatic rings. The molecule has 0 radical (unpaired) electrons. The zero-order valence-electron chi connectivity index (χ0n) is 12.1. The summed E-state index contributed by atoms with van der Waals surface area (Å²) < 4.78 is 0. The number of rotatable bonds is 3. The van der Waals surface area contributed by atoms with E-state index in [2.05, 4.69) is 4.98 Å². The lowest BCUT2D eigenvalue weighted by molar-refractivity contribution is 0.0785. The first kappa shape index (κ1) is 14.1. The molecule has 0 saturated heterocycles. The number of pyridine rings is 1. The van der Waals surface area contributed by atoms with E-state index in [1.165, 1.54) is 5.56 Å². The molecule has 20 heavy (non-hydrogen) atoms. The van der Waals surface area contributed by atoms with Crippen molar-refractivity contribution >= 4 is 11.6 Å². The Morgan fingerprint density at radius 2 is 2.00 bits per heavy atom. The van der Waals surface area contributed by atoms with Crippen LogP contribution in [0.5, 0.6) is 0 Å². The summed E-state index contributed by atoms with van der Waals surface area (Å²) in [6.07, 6.45) is 1.54. The maximum atomic E-state index is 12.4. The van der Waals surface area contributed by atoms with Crippen LogP contribution in [0.4, 0.5) is 5.69 Å². The molecule has 0 saturated carbocycles. The van der Waals surface area contributed by atoms with Gasteiger partial charge in [0.2, 0.25) is 0 Å². The average molecular weight is 269 g/mol. The number of carbonyl (C=O) groups is 1. The predicted molar refractivity (Wildman–Crippen MR) is 80.4 cm³/mol. The second kappa shape index (κ2) is 5.74. The van der Waals surface area contributed by atoms with Crippen molar-refractivity contribution in [3.63, 3.8) is 0 Å². The number of nitrogen functional groups attached to an aromatic ring is 1.